The number of hydrogen-bond acceptors (Lipinski definition) is 5. The van der Waals surface area contributed by atoms with E-state index >= 15 is 0 Å². The Bertz CT molecular complexity index is 863. The van der Waals surface area contributed by atoms with Gasteiger partial charge in [-0.3, -0.25) is 4.79 Å². The first kappa shape index (κ1) is 20.3. The van der Waals surface area contributed by atoms with E-state index in [0.29, 0.717) is 51.6 Å². The smallest absolute Gasteiger partial charge is 0.243 e. The van der Waals surface area contributed by atoms with Gasteiger partial charge in [0, 0.05) is 13.1 Å². The maximum absolute atomic E-state index is 12.6. The second-order valence-electron chi connectivity index (χ2n) is 6.35. The van der Waals surface area contributed by atoms with Crippen LogP contribution in [0.4, 0.5) is 0 Å². The molecule has 3 rings (SSSR count). The molecule has 1 amide bonds. The van der Waals surface area contributed by atoms with E-state index in [9.17, 15) is 13.2 Å². The normalized spacial score (nSPS) is 15.1. The molecule has 0 bridgehead atoms. The summed E-state index contributed by atoms with van der Waals surface area (Å²) in [5, 5.41) is 2.80. The fourth-order valence-electron chi connectivity index (χ4n) is 2.85. The van der Waals surface area contributed by atoms with E-state index in [1.165, 1.54) is 16.4 Å². The first-order valence-corrected chi connectivity index (χ1v) is 10.6. The molecular formula is C20H24N2O5S. The van der Waals surface area contributed by atoms with E-state index in [1.54, 1.807) is 12.1 Å². The molecule has 0 spiro atoms. The van der Waals surface area contributed by atoms with E-state index in [-0.39, 0.29) is 10.8 Å². The number of carbonyl (C=O) groups excluding carboxylic acids is 1. The Hall–Kier alpha value is -2.42. The van der Waals surface area contributed by atoms with Gasteiger partial charge in [0.1, 0.15) is 12.4 Å². The van der Waals surface area contributed by atoms with Gasteiger partial charge in [-0.1, -0.05) is 30.3 Å². The maximum Gasteiger partial charge on any atom is 0.243 e. The molecule has 1 heterocycles. The minimum Gasteiger partial charge on any atom is -0.492 e. The van der Waals surface area contributed by atoms with Crippen LogP contribution in [-0.2, 0) is 26.0 Å². The summed E-state index contributed by atoms with van der Waals surface area (Å²) in [5.74, 6) is 0.486. The molecule has 1 aliphatic rings. The molecule has 0 aromatic heterocycles. The largest absolute Gasteiger partial charge is 0.492 e. The number of benzene rings is 2. The summed E-state index contributed by atoms with van der Waals surface area (Å²) in [6.07, 6.45) is 0.328. The number of morpholine rings is 1. The lowest BCUT2D eigenvalue weighted by molar-refractivity contribution is -0.120. The molecule has 0 atom stereocenters. The molecule has 7 nitrogen and oxygen atoms in total. The lowest BCUT2D eigenvalue weighted by atomic mass is 10.1. The first-order chi connectivity index (χ1) is 13.6. The van der Waals surface area contributed by atoms with Crippen LogP contribution in [0, 0.1) is 0 Å². The van der Waals surface area contributed by atoms with Gasteiger partial charge in [0.05, 0.1) is 31.1 Å². The number of hydrogen-bond donors (Lipinski definition) is 1. The quantitative estimate of drug-likeness (QED) is 0.673. The van der Waals surface area contributed by atoms with Gasteiger partial charge in [0.15, 0.2) is 0 Å². The number of ether oxygens (including phenoxy) is 2. The number of nitrogens with one attached hydrogen (secondary N) is 1. The lowest BCUT2D eigenvalue weighted by Gasteiger charge is -2.26. The number of amides is 1. The van der Waals surface area contributed by atoms with E-state index < -0.39 is 10.0 Å². The average Bonchev–Trinajstić information content (AvgIpc) is 2.73. The first-order valence-electron chi connectivity index (χ1n) is 9.17. The molecule has 0 unspecified atom stereocenters. The molecule has 2 aromatic carbocycles. The number of rotatable bonds is 8. The average molecular weight is 404 g/mol. The molecule has 1 saturated heterocycles. The van der Waals surface area contributed by atoms with Crippen molar-refractivity contribution < 1.29 is 22.7 Å². The molecule has 8 heteroatoms. The molecule has 2 aromatic rings. The van der Waals surface area contributed by atoms with Gasteiger partial charge >= 0.3 is 0 Å². The number of sulfonamides is 1. The minimum atomic E-state index is -3.50. The third-order valence-electron chi connectivity index (χ3n) is 4.33. The van der Waals surface area contributed by atoms with Crippen molar-refractivity contribution in [2.75, 3.05) is 39.5 Å². The zero-order valence-electron chi connectivity index (χ0n) is 15.5. The summed E-state index contributed by atoms with van der Waals surface area (Å²) >= 11 is 0. The zero-order valence-corrected chi connectivity index (χ0v) is 16.4. The SMILES string of the molecule is O=C(Cc1ccccc1)NCCOc1ccc(S(=O)(=O)N2CCOCC2)cc1. The van der Waals surface area contributed by atoms with E-state index in [2.05, 4.69) is 5.32 Å². The highest BCUT2D eigenvalue weighted by molar-refractivity contribution is 7.89. The molecular weight excluding hydrogens is 380 g/mol. The maximum atomic E-state index is 12.6. The lowest BCUT2D eigenvalue weighted by Crippen LogP contribution is -2.40. The number of nitrogens with zero attached hydrogens (tertiary/aromatic N) is 1. The Morgan fingerprint density at radius 2 is 1.71 bits per heavy atom. The summed E-state index contributed by atoms with van der Waals surface area (Å²) < 4.78 is 37.3. The van der Waals surface area contributed by atoms with Crippen molar-refractivity contribution >= 4 is 15.9 Å². The van der Waals surface area contributed by atoms with E-state index in [4.69, 9.17) is 9.47 Å². The van der Waals surface area contributed by atoms with Crippen LogP contribution in [0.1, 0.15) is 5.56 Å². The van der Waals surface area contributed by atoms with Crippen molar-refractivity contribution in [2.45, 2.75) is 11.3 Å². The number of carbonyl (C=O) groups is 1. The highest BCUT2D eigenvalue weighted by Gasteiger charge is 2.26. The Morgan fingerprint density at radius 3 is 2.39 bits per heavy atom. The zero-order chi connectivity index (χ0) is 19.8. The van der Waals surface area contributed by atoms with Crippen molar-refractivity contribution in [1.82, 2.24) is 9.62 Å². The van der Waals surface area contributed by atoms with Gasteiger partial charge in [0.2, 0.25) is 15.9 Å². The Balaban J connectivity index is 1.43. The molecule has 28 heavy (non-hydrogen) atoms. The van der Waals surface area contributed by atoms with Crippen LogP contribution in [0.15, 0.2) is 59.5 Å². The molecule has 0 radical (unpaired) electrons. The summed E-state index contributed by atoms with van der Waals surface area (Å²) in [7, 11) is -3.50. The van der Waals surface area contributed by atoms with E-state index in [0.717, 1.165) is 5.56 Å². The second-order valence-corrected chi connectivity index (χ2v) is 8.29. The fourth-order valence-corrected chi connectivity index (χ4v) is 4.25. The van der Waals surface area contributed by atoms with Crippen LogP contribution in [0.25, 0.3) is 0 Å². The van der Waals surface area contributed by atoms with Crippen LogP contribution >= 0.6 is 0 Å². The van der Waals surface area contributed by atoms with Crippen LogP contribution in [0.5, 0.6) is 5.75 Å². The van der Waals surface area contributed by atoms with Crippen LogP contribution in [0.3, 0.4) is 0 Å². The minimum absolute atomic E-state index is 0.0678. The molecule has 150 valence electrons. The Morgan fingerprint density at radius 1 is 1.04 bits per heavy atom. The van der Waals surface area contributed by atoms with Crippen molar-refractivity contribution in [3.8, 4) is 5.75 Å². The van der Waals surface area contributed by atoms with E-state index in [1.807, 2.05) is 30.3 Å². The van der Waals surface area contributed by atoms with Gasteiger partial charge < -0.3 is 14.8 Å². The summed E-state index contributed by atoms with van der Waals surface area (Å²) in [6.45, 7) is 2.23. The molecule has 1 N–H and O–H groups in total. The fraction of sp³-hybridized carbons (Fsp3) is 0.350. The second kappa shape index (κ2) is 9.68. The highest BCUT2D eigenvalue weighted by atomic mass is 32.2. The molecule has 1 aliphatic heterocycles. The van der Waals surface area contributed by atoms with Crippen molar-refractivity contribution in [1.29, 1.82) is 0 Å². The van der Waals surface area contributed by atoms with Crippen LogP contribution < -0.4 is 10.1 Å². The summed E-state index contributed by atoms with van der Waals surface area (Å²) in [4.78, 5) is 12.1. The molecule has 0 aliphatic carbocycles. The van der Waals surface area contributed by atoms with Gasteiger partial charge in [-0.25, -0.2) is 8.42 Å². The van der Waals surface area contributed by atoms with Crippen molar-refractivity contribution in [3.63, 3.8) is 0 Å². The van der Waals surface area contributed by atoms with Crippen LogP contribution in [-0.4, -0.2) is 58.1 Å². The van der Waals surface area contributed by atoms with Gasteiger partial charge in [0.25, 0.3) is 0 Å². The predicted molar refractivity (Wildman–Crippen MR) is 105 cm³/mol. The topological polar surface area (TPSA) is 84.9 Å². The Labute approximate surface area is 165 Å². The van der Waals surface area contributed by atoms with Crippen LogP contribution in [0.2, 0.25) is 0 Å². The van der Waals surface area contributed by atoms with Gasteiger partial charge in [-0.2, -0.15) is 4.31 Å². The third-order valence-corrected chi connectivity index (χ3v) is 6.24. The third kappa shape index (κ3) is 5.54. The van der Waals surface area contributed by atoms with Gasteiger partial charge in [-0.05, 0) is 29.8 Å². The van der Waals surface area contributed by atoms with Crippen molar-refractivity contribution in [3.05, 3.63) is 60.2 Å². The predicted octanol–water partition coefficient (Wildman–Crippen LogP) is 1.45. The summed E-state index contributed by atoms with van der Waals surface area (Å²) in [5.41, 5.74) is 0.956. The summed E-state index contributed by atoms with van der Waals surface area (Å²) in [6, 6.07) is 15.8. The Kier molecular flexibility index (Phi) is 7.02. The molecule has 0 saturated carbocycles. The van der Waals surface area contributed by atoms with Crippen molar-refractivity contribution in [2.24, 2.45) is 0 Å². The highest BCUT2D eigenvalue weighted by Crippen LogP contribution is 2.20. The van der Waals surface area contributed by atoms with Gasteiger partial charge in [-0.15, -0.1) is 0 Å². The standard InChI is InChI=1S/C20H24N2O5S/c23-20(16-17-4-2-1-3-5-17)21-10-13-27-18-6-8-19(9-7-18)28(24,25)22-11-14-26-15-12-22/h1-9H,10-16H2,(H,21,23). The molecule has 1 fully saturated rings. The monoisotopic (exact) mass is 404 g/mol.